The summed E-state index contributed by atoms with van der Waals surface area (Å²) in [6.45, 7) is 3.24. The van der Waals surface area contributed by atoms with Crippen molar-refractivity contribution in [2.45, 2.75) is 26.2 Å². The van der Waals surface area contributed by atoms with Crippen LogP contribution in [-0.4, -0.2) is 29.1 Å². The van der Waals surface area contributed by atoms with Crippen LogP contribution in [0.15, 0.2) is 35.7 Å². The van der Waals surface area contributed by atoms with Gasteiger partial charge in [-0.3, -0.25) is 4.79 Å². The van der Waals surface area contributed by atoms with Gasteiger partial charge in [0, 0.05) is 23.2 Å². The molecule has 0 bridgehead atoms. The molecule has 0 spiro atoms. The van der Waals surface area contributed by atoms with Crippen molar-refractivity contribution in [2.75, 3.05) is 6.61 Å². The van der Waals surface area contributed by atoms with Gasteiger partial charge in [-0.25, -0.2) is 9.78 Å². The molecule has 2 aromatic rings. The van der Waals surface area contributed by atoms with Gasteiger partial charge in [0.15, 0.2) is 5.78 Å². The van der Waals surface area contributed by atoms with Crippen molar-refractivity contribution in [3.8, 4) is 0 Å². The molecule has 0 saturated heterocycles. The van der Waals surface area contributed by atoms with E-state index in [1.165, 1.54) is 11.3 Å². The normalized spacial score (nSPS) is 11.7. The van der Waals surface area contributed by atoms with Gasteiger partial charge in [0.2, 0.25) is 0 Å². The molecular weight excluding hydrogens is 312 g/mol. The highest BCUT2D eigenvalue weighted by Crippen LogP contribution is 2.25. The summed E-state index contributed by atoms with van der Waals surface area (Å²) in [6.07, 6.45) is 0.115. The quantitative estimate of drug-likeness (QED) is 0.623. The topological polar surface area (TPSA) is 80.1 Å². The number of carbonyl (C=O) groups is 2. The SMILES string of the molecule is CC(=N)[C@@H](CC(=O)COC(=O)c1ccccc1)c1nc(C)cs1. The number of hydrogen-bond acceptors (Lipinski definition) is 6. The van der Waals surface area contributed by atoms with Crippen LogP contribution in [-0.2, 0) is 9.53 Å². The zero-order valence-electron chi connectivity index (χ0n) is 13.0. The zero-order chi connectivity index (χ0) is 16.8. The highest BCUT2D eigenvalue weighted by atomic mass is 32.1. The second-order valence-corrected chi connectivity index (χ2v) is 6.14. The predicted molar refractivity (Wildman–Crippen MR) is 89.3 cm³/mol. The third-order valence-electron chi connectivity index (χ3n) is 3.26. The summed E-state index contributed by atoms with van der Waals surface area (Å²) in [7, 11) is 0. The van der Waals surface area contributed by atoms with Gasteiger partial charge in [-0.15, -0.1) is 11.3 Å². The summed E-state index contributed by atoms with van der Waals surface area (Å²) in [5, 5.41) is 10.5. The number of benzene rings is 1. The van der Waals surface area contributed by atoms with E-state index in [0.717, 1.165) is 10.7 Å². The average Bonchev–Trinajstić information content (AvgIpc) is 2.97. The Labute approximate surface area is 138 Å². The lowest BCUT2D eigenvalue weighted by molar-refractivity contribution is -0.122. The van der Waals surface area contributed by atoms with Gasteiger partial charge in [0.1, 0.15) is 11.6 Å². The fraction of sp³-hybridized carbons (Fsp3) is 0.294. The third kappa shape index (κ3) is 4.82. The van der Waals surface area contributed by atoms with Gasteiger partial charge in [0.25, 0.3) is 0 Å². The first-order valence-corrected chi connectivity index (χ1v) is 8.06. The highest BCUT2D eigenvalue weighted by molar-refractivity contribution is 7.09. The lowest BCUT2D eigenvalue weighted by Gasteiger charge is -2.12. The number of rotatable bonds is 7. The van der Waals surface area contributed by atoms with Gasteiger partial charge >= 0.3 is 5.97 Å². The van der Waals surface area contributed by atoms with Crippen molar-refractivity contribution in [1.82, 2.24) is 4.98 Å². The van der Waals surface area contributed by atoms with E-state index < -0.39 is 5.97 Å². The molecule has 5 nitrogen and oxygen atoms in total. The van der Waals surface area contributed by atoms with Crippen molar-refractivity contribution in [3.63, 3.8) is 0 Å². The van der Waals surface area contributed by atoms with Crippen molar-refractivity contribution < 1.29 is 14.3 Å². The number of ketones is 1. The van der Waals surface area contributed by atoms with Crippen LogP contribution in [0.1, 0.15) is 40.3 Å². The van der Waals surface area contributed by atoms with Gasteiger partial charge < -0.3 is 10.1 Å². The van der Waals surface area contributed by atoms with E-state index in [0.29, 0.717) is 11.3 Å². The molecule has 6 heteroatoms. The summed E-state index contributed by atoms with van der Waals surface area (Å²) in [5.41, 5.74) is 1.66. The lowest BCUT2D eigenvalue weighted by Crippen LogP contribution is -2.19. The molecule has 2 rings (SSSR count). The molecule has 0 saturated carbocycles. The highest BCUT2D eigenvalue weighted by Gasteiger charge is 2.22. The van der Waals surface area contributed by atoms with Crippen LogP contribution in [0.3, 0.4) is 0 Å². The number of nitrogens with zero attached hydrogens (tertiary/aromatic N) is 1. The molecule has 0 amide bonds. The minimum absolute atomic E-state index is 0.115. The maximum Gasteiger partial charge on any atom is 0.338 e. The van der Waals surface area contributed by atoms with Crippen molar-refractivity contribution in [2.24, 2.45) is 0 Å². The first kappa shape index (κ1) is 17.0. The lowest BCUT2D eigenvalue weighted by atomic mass is 9.99. The van der Waals surface area contributed by atoms with Gasteiger partial charge in [-0.1, -0.05) is 18.2 Å². The Morgan fingerprint density at radius 3 is 2.57 bits per heavy atom. The first-order valence-electron chi connectivity index (χ1n) is 7.18. The van der Waals surface area contributed by atoms with E-state index in [9.17, 15) is 9.59 Å². The Balaban J connectivity index is 1.92. The Hall–Kier alpha value is -2.34. The van der Waals surface area contributed by atoms with Crippen LogP contribution in [0.2, 0.25) is 0 Å². The standard InChI is InChI=1S/C17H18N2O3S/c1-11-10-23-16(19-11)15(12(2)18)8-14(20)9-22-17(21)13-6-4-3-5-7-13/h3-7,10,15,18H,8-9H2,1-2H3/t15-/m1/s1. The van der Waals surface area contributed by atoms with Gasteiger partial charge in [0.05, 0.1) is 11.5 Å². The number of esters is 1. The van der Waals surface area contributed by atoms with Crippen molar-refractivity contribution >= 4 is 28.8 Å². The molecule has 1 N–H and O–H groups in total. The van der Waals surface area contributed by atoms with Crippen LogP contribution in [0.4, 0.5) is 0 Å². The molecule has 0 aliphatic heterocycles. The summed E-state index contributed by atoms with van der Waals surface area (Å²) < 4.78 is 5.04. The van der Waals surface area contributed by atoms with Crippen LogP contribution in [0.25, 0.3) is 0 Å². The Morgan fingerprint density at radius 1 is 1.30 bits per heavy atom. The molecule has 120 valence electrons. The maximum absolute atomic E-state index is 12.1. The predicted octanol–water partition coefficient (Wildman–Crippen LogP) is 3.39. The van der Waals surface area contributed by atoms with Crippen LogP contribution in [0.5, 0.6) is 0 Å². The van der Waals surface area contributed by atoms with Crippen molar-refractivity contribution in [3.05, 3.63) is 52.0 Å². The second-order valence-electron chi connectivity index (χ2n) is 5.25. The van der Waals surface area contributed by atoms with E-state index >= 15 is 0 Å². The van der Waals surface area contributed by atoms with Crippen LogP contribution < -0.4 is 0 Å². The summed E-state index contributed by atoms with van der Waals surface area (Å²) in [6, 6.07) is 8.54. The number of aromatic nitrogens is 1. The van der Waals surface area contributed by atoms with Gasteiger partial charge in [-0.05, 0) is 26.0 Å². The molecule has 23 heavy (non-hydrogen) atoms. The molecule has 0 radical (unpaired) electrons. The van der Waals surface area contributed by atoms with E-state index in [1.807, 2.05) is 12.3 Å². The number of carbonyl (C=O) groups excluding carboxylic acids is 2. The van der Waals surface area contributed by atoms with E-state index in [-0.39, 0.29) is 24.7 Å². The third-order valence-corrected chi connectivity index (χ3v) is 4.34. The van der Waals surface area contributed by atoms with E-state index in [2.05, 4.69) is 4.98 Å². The van der Waals surface area contributed by atoms with Crippen LogP contribution >= 0.6 is 11.3 Å². The molecule has 1 aromatic carbocycles. The number of aryl methyl sites for hydroxylation is 1. The molecule has 1 aromatic heterocycles. The van der Waals surface area contributed by atoms with E-state index in [4.69, 9.17) is 10.1 Å². The first-order chi connectivity index (χ1) is 11.0. The summed E-state index contributed by atoms with van der Waals surface area (Å²) >= 11 is 1.44. The maximum atomic E-state index is 12.1. The zero-order valence-corrected chi connectivity index (χ0v) is 13.9. The Bertz CT molecular complexity index is 710. The van der Waals surface area contributed by atoms with Crippen LogP contribution in [0, 0.1) is 12.3 Å². The molecular formula is C17H18N2O3S. The largest absolute Gasteiger partial charge is 0.454 e. The Morgan fingerprint density at radius 2 is 2.00 bits per heavy atom. The molecule has 1 atom stereocenters. The fourth-order valence-electron chi connectivity index (χ4n) is 2.05. The molecule has 0 aliphatic carbocycles. The van der Waals surface area contributed by atoms with Gasteiger partial charge in [-0.2, -0.15) is 0 Å². The minimum Gasteiger partial charge on any atom is -0.454 e. The minimum atomic E-state index is -0.521. The Kier molecular flexibility index (Phi) is 5.76. The average molecular weight is 330 g/mol. The van der Waals surface area contributed by atoms with Crippen molar-refractivity contribution in [1.29, 1.82) is 5.41 Å². The summed E-state index contributed by atoms with van der Waals surface area (Å²) in [4.78, 5) is 28.2. The molecule has 0 fully saturated rings. The molecule has 1 heterocycles. The van der Waals surface area contributed by atoms with E-state index in [1.54, 1.807) is 37.3 Å². The number of Topliss-reactive ketones (excluding diaryl/α,β-unsaturated/α-hetero) is 1. The summed E-state index contributed by atoms with van der Waals surface area (Å²) in [5.74, 6) is -1.09. The fourth-order valence-corrected chi connectivity index (χ4v) is 3.01. The number of hydrogen-bond donors (Lipinski definition) is 1. The number of thiazole rings is 1. The second kappa shape index (κ2) is 7.78. The smallest absolute Gasteiger partial charge is 0.338 e. The molecule has 0 unspecified atom stereocenters. The number of nitrogens with one attached hydrogen (secondary N) is 1. The monoisotopic (exact) mass is 330 g/mol. The number of ether oxygens (including phenoxy) is 1. The molecule has 0 aliphatic rings.